The predicted molar refractivity (Wildman–Crippen MR) is 47.1 cm³/mol. The van der Waals surface area contributed by atoms with E-state index in [4.69, 9.17) is 4.74 Å². The predicted octanol–water partition coefficient (Wildman–Crippen LogP) is 1.43. The average Bonchev–Trinajstić information content (AvgIpc) is 2.46. The molecule has 0 amide bonds. The van der Waals surface area contributed by atoms with E-state index in [1.807, 2.05) is 19.1 Å². The zero-order valence-corrected chi connectivity index (χ0v) is 7.57. The van der Waals surface area contributed by atoms with Crippen LogP contribution in [-0.4, -0.2) is 36.1 Å². The fourth-order valence-electron chi connectivity index (χ4n) is 1.36. The van der Waals surface area contributed by atoms with Gasteiger partial charge in [-0.3, -0.25) is 0 Å². The summed E-state index contributed by atoms with van der Waals surface area (Å²) in [5.74, 6) is 0. The summed E-state index contributed by atoms with van der Waals surface area (Å²) in [5.41, 5.74) is 0. The smallest absolute Gasteiger partial charge is 0.0649 e. The van der Waals surface area contributed by atoms with Crippen LogP contribution in [0.15, 0.2) is 12.2 Å². The van der Waals surface area contributed by atoms with Crippen LogP contribution in [0.3, 0.4) is 0 Å². The van der Waals surface area contributed by atoms with Gasteiger partial charge < -0.3 is 9.94 Å². The number of nitrogens with zero attached hydrogens (tertiary/aromatic N) is 1. The molecule has 0 spiro atoms. The zero-order valence-electron chi connectivity index (χ0n) is 7.57. The van der Waals surface area contributed by atoms with Crippen molar-refractivity contribution >= 4 is 0 Å². The number of hydrogen-bond donors (Lipinski definition) is 1. The van der Waals surface area contributed by atoms with Crippen LogP contribution in [0.4, 0.5) is 0 Å². The molecule has 1 aliphatic heterocycles. The number of hydrogen-bond acceptors (Lipinski definition) is 3. The van der Waals surface area contributed by atoms with Crippen LogP contribution in [0.25, 0.3) is 0 Å². The molecular formula is C9H17NO2. The summed E-state index contributed by atoms with van der Waals surface area (Å²) in [6.45, 7) is 4.05. The van der Waals surface area contributed by atoms with E-state index in [1.165, 1.54) is 5.06 Å². The molecule has 12 heavy (non-hydrogen) atoms. The van der Waals surface area contributed by atoms with Crippen LogP contribution in [0, 0.1) is 0 Å². The lowest BCUT2D eigenvalue weighted by Crippen LogP contribution is -2.29. The number of ether oxygens (including phenoxy) is 1. The zero-order chi connectivity index (χ0) is 8.81. The van der Waals surface area contributed by atoms with Crippen molar-refractivity contribution in [2.45, 2.75) is 25.8 Å². The van der Waals surface area contributed by atoms with Gasteiger partial charge in [0.05, 0.1) is 19.3 Å². The van der Waals surface area contributed by atoms with Crippen molar-refractivity contribution in [3.63, 3.8) is 0 Å². The van der Waals surface area contributed by atoms with Gasteiger partial charge in [-0.25, -0.2) is 0 Å². The molecule has 0 aromatic carbocycles. The summed E-state index contributed by atoms with van der Waals surface area (Å²) in [6.07, 6.45) is 6.06. The fraction of sp³-hybridized carbons (Fsp3) is 0.778. The Labute approximate surface area is 73.6 Å². The molecule has 1 saturated heterocycles. The van der Waals surface area contributed by atoms with Crippen LogP contribution in [-0.2, 0) is 4.74 Å². The third kappa shape index (κ3) is 2.93. The Morgan fingerprint density at radius 2 is 2.50 bits per heavy atom. The molecule has 3 nitrogen and oxygen atoms in total. The van der Waals surface area contributed by atoms with Crippen molar-refractivity contribution in [2.24, 2.45) is 0 Å². The molecule has 1 fully saturated rings. The van der Waals surface area contributed by atoms with E-state index in [9.17, 15) is 5.21 Å². The molecule has 70 valence electrons. The summed E-state index contributed by atoms with van der Waals surface area (Å²) in [4.78, 5) is 0. The van der Waals surface area contributed by atoms with Crippen LogP contribution < -0.4 is 0 Å². The first-order valence-corrected chi connectivity index (χ1v) is 4.49. The monoisotopic (exact) mass is 171 g/mol. The van der Waals surface area contributed by atoms with Gasteiger partial charge in [-0.05, 0) is 19.8 Å². The summed E-state index contributed by atoms with van der Waals surface area (Å²) in [5, 5.41) is 10.7. The van der Waals surface area contributed by atoms with Gasteiger partial charge in [-0.15, -0.1) is 0 Å². The minimum Gasteiger partial charge on any atom is -0.376 e. The molecule has 0 bridgehead atoms. The Morgan fingerprint density at radius 3 is 3.08 bits per heavy atom. The molecule has 1 aliphatic rings. The third-order valence-electron chi connectivity index (χ3n) is 2.11. The summed E-state index contributed by atoms with van der Waals surface area (Å²) in [7, 11) is 0. The van der Waals surface area contributed by atoms with Gasteiger partial charge in [0.25, 0.3) is 0 Å². The maximum atomic E-state index is 9.28. The Kier molecular flexibility index (Phi) is 4.29. The molecule has 1 atom stereocenters. The van der Waals surface area contributed by atoms with E-state index in [0.29, 0.717) is 13.2 Å². The largest absolute Gasteiger partial charge is 0.376 e. The van der Waals surface area contributed by atoms with Crippen LogP contribution in [0.1, 0.15) is 19.8 Å². The van der Waals surface area contributed by atoms with Gasteiger partial charge in [0.15, 0.2) is 0 Å². The first-order valence-electron chi connectivity index (χ1n) is 4.49. The highest BCUT2D eigenvalue weighted by Gasteiger charge is 2.22. The standard InChI is InChI=1S/C9H17NO2/c1-2-3-7-12-8-9-5-4-6-10(9)11/h2-3,9,11H,4-8H2,1H3/b3-2+/t9-/m0/s1. The molecule has 0 saturated carbocycles. The van der Waals surface area contributed by atoms with Crippen molar-refractivity contribution in [1.29, 1.82) is 0 Å². The first kappa shape index (κ1) is 9.71. The quantitative estimate of drug-likeness (QED) is 0.513. The SMILES string of the molecule is C/C=C/COC[C@@H]1CCCN1O. The lowest BCUT2D eigenvalue weighted by Gasteiger charge is -2.16. The van der Waals surface area contributed by atoms with E-state index >= 15 is 0 Å². The second-order valence-corrected chi connectivity index (χ2v) is 3.07. The van der Waals surface area contributed by atoms with Crippen LogP contribution in [0.2, 0.25) is 0 Å². The summed E-state index contributed by atoms with van der Waals surface area (Å²) < 4.78 is 5.34. The lowest BCUT2D eigenvalue weighted by atomic mass is 10.2. The Hall–Kier alpha value is -0.380. The van der Waals surface area contributed by atoms with Crippen molar-refractivity contribution in [1.82, 2.24) is 5.06 Å². The van der Waals surface area contributed by atoms with E-state index < -0.39 is 0 Å². The van der Waals surface area contributed by atoms with E-state index in [1.54, 1.807) is 0 Å². The van der Waals surface area contributed by atoms with Gasteiger partial charge in [0.1, 0.15) is 0 Å². The van der Waals surface area contributed by atoms with Gasteiger partial charge in [-0.2, -0.15) is 5.06 Å². The minimum atomic E-state index is 0.218. The lowest BCUT2D eigenvalue weighted by molar-refractivity contribution is -0.118. The van der Waals surface area contributed by atoms with Crippen molar-refractivity contribution in [2.75, 3.05) is 19.8 Å². The van der Waals surface area contributed by atoms with Crippen molar-refractivity contribution in [3.05, 3.63) is 12.2 Å². The van der Waals surface area contributed by atoms with Gasteiger partial charge in [0.2, 0.25) is 0 Å². The Balaban J connectivity index is 2.06. The maximum absolute atomic E-state index is 9.28. The minimum absolute atomic E-state index is 0.218. The van der Waals surface area contributed by atoms with Crippen LogP contribution in [0.5, 0.6) is 0 Å². The molecule has 0 aliphatic carbocycles. The fourth-order valence-corrected chi connectivity index (χ4v) is 1.36. The molecule has 1 heterocycles. The van der Waals surface area contributed by atoms with Crippen molar-refractivity contribution < 1.29 is 9.94 Å². The molecule has 0 aromatic rings. The molecule has 0 unspecified atom stereocenters. The Bertz CT molecular complexity index is 147. The molecule has 0 aromatic heterocycles. The van der Waals surface area contributed by atoms with E-state index in [0.717, 1.165) is 19.4 Å². The average molecular weight is 171 g/mol. The first-order chi connectivity index (χ1) is 5.84. The molecular weight excluding hydrogens is 154 g/mol. The Morgan fingerprint density at radius 1 is 1.67 bits per heavy atom. The van der Waals surface area contributed by atoms with E-state index in [2.05, 4.69) is 0 Å². The topological polar surface area (TPSA) is 32.7 Å². The van der Waals surface area contributed by atoms with Crippen LogP contribution >= 0.6 is 0 Å². The highest BCUT2D eigenvalue weighted by Crippen LogP contribution is 2.14. The van der Waals surface area contributed by atoms with Gasteiger partial charge in [-0.1, -0.05) is 12.2 Å². The molecule has 1 N–H and O–H groups in total. The number of allylic oxidation sites excluding steroid dienone is 1. The second kappa shape index (κ2) is 5.30. The highest BCUT2D eigenvalue weighted by molar-refractivity contribution is 4.77. The highest BCUT2D eigenvalue weighted by atomic mass is 16.5. The normalized spacial score (nSPS) is 25.7. The molecule has 3 heteroatoms. The van der Waals surface area contributed by atoms with Gasteiger partial charge >= 0.3 is 0 Å². The number of rotatable bonds is 4. The third-order valence-corrected chi connectivity index (χ3v) is 2.11. The maximum Gasteiger partial charge on any atom is 0.0649 e. The summed E-state index contributed by atoms with van der Waals surface area (Å²) >= 11 is 0. The summed E-state index contributed by atoms with van der Waals surface area (Å²) in [6, 6.07) is 0.218. The second-order valence-electron chi connectivity index (χ2n) is 3.07. The van der Waals surface area contributed by atoms with Gasteiger partial charge in [0, 0.05) is 6.54 Å². The van der Waals surface area contributed by atoms with E-state index in [-0.39, 0.29) is 6.04 Å². The van der Waals surface area contributed by atoms with Crippen molar-refractivity contribution in [3.8, 4) is 0 Å². The number of hydroxylamine groups is 2. The molecule has 1 rings (SSSR count). The molecule has 0 radical (unpaired) electrons.